The number of nitrogens with zero attached hydrogens (tertiary/aromatic N) is 2. The zero-order valence-corrected chi connectivity index (χ0v) is 13.2. The Kier molecular flexibility index (Phi) is 4.56. The summed E-state index contributed by atoms with van der Waals surface area (Å²) in [5.41, 5.74) is 0.141. The Morgan fingerprint density at radius 3 is 2.52 bits per heavy atom. The first-order valence-corrected chi connectivity index (χ1v) is 7.44. The highest BCUT2D eigenvalue weighted by Gasteiger charge is 2.23. The van der Waals surface area contributed by atoms with E-state index in [0.29, 0.717) is 17.5 Å². The number of amides is 1. The van der Waals surface area contributed by atoms with E-state index in [1.54, 1.807) is 23.9 Å². The molecule has 4 nitrogen and oxygen atoms in total. The maximum absolute atomic E-state index is 13.9. The van der Waals surface area contributed by atoms with Gasteiger partial charge in [0.05, 0.1) is 5.56 Å². The Labute approximate surface area is 141 Å². The van der Waals surface area contributed by atoms with E-state index >= 15 is 0 Å². The largest absolute Gasteiger partial charge is 0.338 e. The van der Waals surface area contributed by atoms with Crippen LogP contribution in [0.1, 0.15) is 27.8 Å². The van der Waals surface area contributed by atoms with Crippen LogP contribution in [0.4, 0.5) is 13.2 Å². The van der Waals surface area contributed by atoms with Gasteiger partial charge in [0.25, 0.3) is 5.91 Å². The molecule has 0 unspecified atom stereocenters. The summed E-state index contributed by atoms with van der Waals surface area (Å²) >= 11 is 0. The topological polar surface area (TPSA) is 46.9 Å². The van der Waals surface area contributed by atoms with Crippen molar-refractivity contribution in [1.29, 1.82) is 0 Å². The van der Waals surface area contributed by atoms with Crippen LogP contribution in [0.3, 0.4) is 0 Å². The second-order valence-electron chi connectivity index (χ2n) is 5.48. The van der Waals surface area contributed by atoms with E-state index in [0.717, 1.165) is 12.1 Å². The average molecular weight is 345 g/mol. The molecule has 0 spiro atoms. The Morgan fingerprint density at radius 2 is 1.88 bits per heavy atom. The van der Waals surface area contributed by atoms with Crippen LogP contribution in [-0.4, -0.2) is 15.5 Å². The minimum atomic E-state index is -0.977. The molecule has 3 aromatic rings. The first-order valence-electron chi connectivity index (χ1n) is 7.44. The van der Waals surface area contributed by atoms with Crippen LogP contribution in [0, 0.1) is 17.5 Å². The molecule has 0 bridgehead atoms. The average Bonchev–Trinajstić information content (AvgIpc) is 2.98. The van der Waals surface area contributed by atoms with E-state index in [-0.39, 0.29) is 5.56 Å². The third-order valence-corrected chi connectivity index (χ3v) is 3.75. The van der Waals surface area contributed by atoms with Crippen molar-refractivity contribution < 1.29 is 18.0 Å². The molecule has 1 N–H and O–H groups in total. The number of aromatic nitrogens is 2. The van der Waals surface area contributed by atoms with Crippen molar-refractivity contribution in [2.45, 2.75) is 6.04 Å². The van der Waals surface area contributed by atoms with Crippen LogP contribution < -0.4 is 5.32 Å². The number of hydrogen-bond acceptors (Lipinski definition) is 2. The van der Waals surface area contributed by atoms with Gasteiger partial charge in [-0.15, -0.1) is 0 Å². The van der Waals surface area contributed by atoms with E-state index < -0.39 is 29.4 Å². The number of hydrogen-bond donors (Lipinski definition) is 1. The number of carbonyl (C=O) groups is 1. The molecular weight excluding hydrogens is 331 g/mol. The summed E-state index contributed by atoms with van der Waals surface area (Å²) in [6, 6.07) is 7.56. The lowest BCUT2D eigenvalue weighted by atomic mass is 10.0. The Hall–Kier alpha value is -3.09. The lowest BCUT2D eigenvalue weighted by molar-refractivity contribution is 0.0937. The Balaban J connectivity index is 1.98. The zero-order valence-electron chi connectivity index (χ0n) is 13.2. The molecule has 0 saturated heterocycles. The van der Waals surface area contributed by atoms with E-state index in [2.05, 4.69) is 10.3 Å². The Morgan fingerprint density at radius 1 is 1.12 bits per heavy atom. The van der Waals surface area contributed by atoms with Crippen LogP contribution >= 0.6 is 0 Å². The molecule has 1 heterocycles. The van der Waals surface area contributed by atoms with Gasteiger partial charge in [-0.1, -0.05) is 12.1 Å². The molecule has 0 saturated carbocycles. The van der Waals surface area contributed by atoms with Crippen LogP contribution in [0.25, 0.3) is 0 Å². The molecule has 25 heavy (non-hydrogen) atoms. The number of nitrogens with one attached hydrogen (secondary N) is 1. The third kappa shape index (κ3) is 3.55. The summed E-state index contributed by atoms with van der Waals surface area (Å²) in [7, 11) is 1.72. The van der Waals surface area contributed by atoms with Crippen molar-refractivity contribution in [3.63, 3.8) is 0 Å². The molecule has 0 aliphatic rings. The first-order chi connectivity index (χ1) is 12.0. The molecule has 0 aliphatic carbocycles. The van der Waals surface area contributed by atoms with Gasteiger partial charge in [0.15, 0.2) is 0 Å². The van der Waals surface area contributed by atoms with Crippen molar-refractivity contribution in [2.75, 3.05) is 0 Å². The fourth-order valence-corrected chi connectivity index (χ4v) is 2.52. The summed E-state index contributed by atoms with van der Waals surface area (Å²) in [4.78, 5) is 16.6. The molecule has 2 aromatic carbocycles. The van der Waals surface area contributed by atoms with Gasteiger partial charge in [0.1, 0.15) is 29.3 Å². The Bertz CT molecular complexity index is 923. The third-order valence-electron chi connectivity index (χ3n) is 3.75. The molecule has 1 aromatic heterocycles. The van der Waals surface area contributed by atoms with Crippen molar-refractivity contribution in [1.82, 2.24) is 14.9 Å². The minimum absolute atomic E-state index is 0.308. The quantitative estimate of drug-likeness (QED) is 0.788. The molecule has 128 valence electrons. The van der Waals surface area contributed by atoms with Crippen LogP contribution in [0.15, 0.2) is 54.9 Å². The number of aryl methyl sites for hydroxylation is 1. The SMILES string of the molecule is Cn1ccnc1[C@@H](NC(=O)c1ccc(F)cc1F)c1cccc(F)c1. The molecule has 0 aliphatic heterocycles. The monoisotopic (exact) mass is 345 g/mol. The predicted octanol–water partition coefficient (Wildman–Crippen LogP) is 3.36. The summed E-state index contributed by atoms with van der Waals surface area (Å²) < 4.78 is 42.2. The van der Waals surface area contributed by atoms with Gasteiger partial charge in [0, 0.05) is 25.5 Å². The molecular formula is C18H14F3N3O. The predicted molar refractivity (Wildman–Crippen MR) is 85.3 cm³/mol. The summed E-state index contributed by atoms with van der Waals surface area (Å²) in [5, 5.41) is 2.63. The van der Waals surface area contributed by atoms with Gasteiger partial charge in [-0.05, 0) is 29.8 Å². The van der Waals surface area contributed by atoms with Gasteiger partial charge in [-0.2, -0.15) is 0 Å². The van der Waals surface area contributed by atoms with Crippen LogP contribution in [0.2, 0.25) is 0 Å². The van der Waals surface area contributed by atoms with E-state index in [1.165, 1.54) is 24.4 Å². The molecule has 3 rings (SSSR count). The standard InChI is InChI=1S/C18H14F3N3O/c1-24-8-7-22-17(24)16(11-3-2-4-12(19)9-11)23-18(25)14-6-5-13(20)10-15(14)21/h2-10,16H,1H3,(H,23,25)/t16-/m0/s1. The maximum Gasteiger partial charge on any atom is 0.255 e. The van der Waals surface area contributed by atoms with Crippen LogP contribution in [-0.2, 0) is 7.05 Å². The van der Waals surface area contributed by atoms with Crippen molar-refractivity contribution >= 4 is 5.91 Å². The lowest BCUT2D eigenvalue weighted by Gasteiger charge is -2.19. The highest BCUT2D eigenvalue weighted by molar-refractivity contribution is 5.94. The number of imidazole rings is 1. The van der Waals surface area contributed by atoms with Gasteiger partial charge >= 0.3 is 0 Å². The smallest absolute Gasteiger partial charge is 0.255 e. The highest BCUT2D eigenvalue weighted by Crippen LogP contribution is 2.22. The van der Waals surface area contributed by atoms with Gasteiger partial charge in [-0.25, -0.2) is 18.2 Å². The zero-order chi connectivity index (χ0) is 18.0. The number of rotatable bonds is 4. The maximum atomic E-state index is 13.9. The number of carbonyl (C=O) groups excluding carboxylic acids is 1. The highest BCUT2D eigenvalue weighted by atomic mass is 19.1. The summed E-state index contributed by atoms with van der Waals surface area (Å²) in [6.45, 7) is 0. The molecule has 1 atom stereocenters. The van der Waals surface area contributed by atoms with Crippen molar-refractivity contribution in [3.05, 3.63) is 89.3 Å². The van der Waals surface area contributed by atoms with Gasteiger partial charge in [-0.3, -0.25) is 4.79 Å². The molecule has 7 heteroatoms. The second kappa shape index (κ2) is 6.80. The fraction of sp³-hybridized carbons (Fsp3) is 0.111. The lowest BCUT2D eigenvalue weighted by Crippen LogP contribution is -2.31. The van der Waals surface area contributed by atoms with E-state index in [4.69, 9.17) is 0 Å². The van der Waals surface area contributed by atoms with E-state index in [9.17, 15) is 18.0 Å². The normalized spacial score (nSPS) is 12.0. The van der Waals surface area contributed by atoms with Gasteiger partial charge in [0.2, 0.25) is 0 Å². The fourth-order valence-electron chi connectivity index (χ4n) is 2.52. The molecule has 0 radical (unpaired) electrons. The van der Waals surface area contributed by atoms with Crippen molar-refractivity contribution in [3.8, 4) is 0 Å². The number of halogens is 3. The molecule has 1 amide bonds. The van der Waals surface area contributed by atoms with Crippen LogP contribution in [0.5, 0.6) is 0 Å². The molecule has 0 fully saturated rings. The minimum Gasteiger partial charge on any atom is -0.338 e. The first kappa shape index (κ1) is 16.8. The second-order valence-corrected chi connectivity index (χ2v) is 5.48. The van der Waals surface area contributed by atoms with E-state index in [1.807, 2.05) is 0 Å². The number of benzene rings is 2. The van der Waals surface area contributed by atoms with Crippen molar-refractivity contribution in [2.24, 2.45) is 7.05 Å². The van der Waals surface area contributed by atoms with Gasteiger partial charge < -0.3 is 9.88 Å². The summed E-state index contributed by atoms with van der Waals surface area (Å²) in [6.07, 6.45) is 3.21. The summed E-state index contributed by atoms with van der Waals surface area (Å²) in [5.74, 6) is -2.54.